The molecule has 0 amide bonds. The Labute approximate surface area is 114 Å². The summed E-state index contributed by atoms with van der Waals surface area (Å²) >= 11 is 0. The lowest BCUT2D eigenvalue weighted by molar-refractivity contribution is -0.145. The first-order valence-corrected chi connectivity index (χ1v) is 5.71. The van der Waals surface area contributed by atoms with Crippen LogP contribution >= 0.6 is 0 Å². The number of benzene rings is 1. The Balaban J connectivity index is 2.66. The average molecular weight is 285 g/mol. The third-order valence-electron chi connectivity index (χ3n) is 2.29. The van der Waals surface area contributed by atoms with Crippen LogP contribution in [-0.4, -0.2) is 46.5 Å². The monoisotopic (exact) mass is 285 g/mol. The van der Waals surface area contributed by atoms with Gasteiger partial charge >= 0.3 is 11.9 Å². The molecule has 1 aromatic carbocycles. The molecule has 5 N–H and O–H groups in total. The molecule has 0 aromatic heterocycles. The molecular weight excluding hydrogens is 270 g/mol. The summed E-state index contributed by atoms with van der Waals surface area (Å²) in [6, 6.07) is 0.693. The lowest BCUT2D eigenvalue weighted by Crippen LogP contribution is -2.37. The molecule has 1 rings (SSSR count). The van der Waals surface area contributed by atoms with Crippen LogP contribution in [0.15, 0.2) is 12.1 Å². The van der Waals surface area contributed by atoms with E-state index in [1.165, 1.54) is 0 Å². The lowest BCUT2D eigenvalue weighted by Gasteiger charge is -2.11. The van der Waals surface area contributed by atoms with Gasteiger partial charge in [-0.2, -0.15) is 0 Å². The predicted octanol–water partition coefficient (Wildman–Crippen LogP) is -0.149. The predicted molar refractivity (Wildman–Crippen MR) is 66.3 cm³/mol. The number of esters is 2. The summed E-state index contributed by atoms with van der Waals surface area (Å²) < 4.78 is 9.37. The Morgan fingerprint density at radius 2 is 1.75 bits per heavy atom. The molecule has 0 unspecified atom stereocenters. The van der Waals surface area contributed by atoms with Crippen LogP contribution < -0.4 is 5.73 Å². The smallest absolute Gasteiger partial charge is 0.338 e. The Morgan fingerprint density at radius 3 is 2.25 bits per heavy atom. The number of nitrogens with two attached hydrogens (primary N) is 1. The van der Waals surface area contributed by atoms with Gasteiger partial charge in [0, 0.05) is 0 Å². The molecule has 0 aliphatic carbocycles. The van der Waals surface area contributed by atoms with E-state index in [0.717, 1.165) is 12.1 Å². The van der Waals surface area contributed by atoms with Crippen molar-refractivity contribution in [3.8, 4) is 17.2 Å². The second-order valence-electron chi connectivity index (χ2n) is 3.82. The first kappa shape index (κ1) is 15.6. The highest BCUT2D eigenvalue weighted by atomic mass is 16.6. The van der Waals surface area contributed by atoms with Crippen molar-refractivity contribution < 1.29 is 34.4 Å². The van der Waals surface area contributed by atoms with Gasteiger partial charge < -0.3 is 30.5 Å². The molecule has 0 spiro atoms. The highest BCUT2D eigenvalue weighted by molar-refractivity contribution is 5.91. The van der Waals surface area contributed by atoms with Crippen molar-refractivity contribution in [1.82, 2.24) is 0 Å². The molecular formula is C12H15NO7. The number of phenols is 3. The highest BCUT2D eigenvalue weighted by Gasteiger charge is 2.19. The summed E-state index contributed by atoms with van der Waals surface area (Å²) in [5.74, 6) is -3.73. The average Bonchev–Trinajstić information content (AvgIpc) is 2.41. The normalized spacial score (nSPS) is 11.7. The molecule has 20 heavy (non-hydrogen) atoms. The first-order chi connectivity index (χ1) is 9.36. The third kappa shape index (κ3) is 3.75. The van der Waals surface area contributed by atoms with Crippen LogP contribution in [0.5, 0.6) is 17.2 Å². The summed E-state index contributed by atoms with van der Waals surface area (Å²) in [4.78, 5) is 22.8. The van der Waals surface area contributed by atoms with E-state index in [-0.39, 0.29) is 12.2 Å². The van der Waals surface area contributed by atoms with E-state index in [1.807, 2.05) is 0 Å². The molecule has 0 saturated heterocycles. The maximum absolute atomic E-state index is 11.6. The van der Waals surface area contributed by atoms with Crippen molar-refractivity contribution in [3.63, 3.8) is 0 Å². The number of hydrogen-bond acceptors (Lipinski definition) is 8. The summed E-state index contributed by atoms with van der Waals surface area (Å²) in [7, 11) is 0. The molecule has 8 heteroatoms. The number of hydrogen-bond donors (Lipinski definition) is 4. The van der Waals surface area contributed by atoms with Crippen molar-refractivity contribution in [2.45, 2.75) is 13.0 Å². The van der Waals surface area contributed by atoms with Gasteiger partial charge in [-0.05, 0) is 19.1 Å². The van der Waals surface area contributed by atoms with Crippen LogP contribution in [-0.2, 0) is 14.3 Å². The molecule has 0 aliphatic heterocycles. The van der Waals surface area contributed by atoms with Crippen molar-refractivity contribution in [3.05, 3.63) is 17.7 Å². The number of ether oxygens (including phenoxy) is 2. The quantitative estimate of drug-likeness (QED) is 0.432. The number of rotatable bonds is 5. The van der Waals surface area contributed by atoms with E-state index >= 15 is 0 Å². The van der Waals surface area contributed by atoms with E-state index < -0.39 is 41.8 Å². The zero-order valence-electron chi connectivity index (χ0n) is 10.7. The zero-order chi connectivity index (χ0) is 15.3. The maximum atomic E-state index is 11.6. The van der Waals surface area contributed by atoms with Crippen LogP contribution in [0.25, 0.3) is 0 Å². The zero-order valence-corrected chi connectivity index (χ0v) is 10.7. The van der Waals surface area contributed by atoms with Crippen LogP contribution in [0, 0.1) is 0 Å². The standard InChI is InChI=1S/C12H15NO7/c1-2-19-12(18)7(13)5-20-11(17)6-3-8(14)10(16)9(15)4-6/h3-4,7,14-16H,2,5,13H2,1H3/t7-/m0/s1. The summed E-state index contributed by atoms with van der Waals surface area (Å²) in [5, 5.41) is 27.6. The molecule has 110 valence electrons. The molecule has 0 radical (unpaired) electrons. The molecule has 0 fully saturated rings. The van der Waals surface area contributed by atoms with Crippen molar-refractivity contribution in [2.24, 2.45) is 5.73 Å². The minimum Gasteiger partial charge on any atom is -0.504 e. The van der Waals surface area contributed by atoms with Crippen LogP contribution in [0.3, 0.4) is 0 Å². The Bertz CT molecular complexity index is 492. The van der Waals surface area contributed by atoms with Crippen molar-refractivity contribution in [1.29, 1.82) is 0 Å². The van der Waals surface area contributed by atoms with E-state index in [0.29, 0.717) is 0 Å². The van der Waals surface area contributed by atoms with Crippen LogP contribution in [0.4, 0.5) is 0 Å². The molecule has 1 aromatic rings. The third-order valence-corrected chi connectivity index (χ3v) is 2.29. The van der Waals surface area contributed by atoms with Gasteiger partial charge in [-0.25, -0.2) is 4.79 Å². The Kier molecular flexibility index (Phi) is 5.15. The van der Waals surface area contributed by atoms with E-state index in [4.69, 9.17) is 15.6 Å². The number of carbonyl (C=O) groups excluding carboxylic acids is 2. The van der Waals surface area contributed by atoms with Gasteiger partial charge in [0.05, 0.1) is 12.2 Å². The molecule has 0 aliphatic rings. The molecule has 8 nitrogen and oxygen atoms in total. The van der Waals surface area contributed by atoms with Gasteiger partial charge in [0.1, 0.15) is 12.6 Å². The van der Waals surface area contributed by atoms with E-state index in [2.05, 4.69) is 4.74 Å². The van der Waals surface area contributed by atoms with Gasteiger partial charge in [-0.3, -0.25) is 4.79 Å². The second kappa shape index (κ2) is 6.62. The fourth-order valence-electron chi connectivity index (χ4n) is 1.29. The minimum atomic E-state index is -1.13. The number of phenolic OH excluding ortho intramolecular Hbond substituents is 3. The molecule has 1 atom stereocenters. The summed E-state index contributed by atoms with van der Waals surface area (Å²) in [6.45, 7) is 1.35. The van der Waals surface area contributed by atoms with Gasteiger partial charge in [-0.15, -0.1) is 0 Å². The van der Waals surface area contributed by atoms with E-state index in [1.54, 1.807) is 6.92 Å². The fourth-order valence-corrected chi connectivity index (χ4v) is 1.29. The van der Waals surface area contributed by atoms with Crippen LogP contribution in [0.2, 0.25) is 0 Å². The van der Waals surface area contributed by atoms with Gasteiger partial charge in [0.15, 0.2) is 17.2 Å². The SMILES string of the molecule is CCOC(=O)[C@@H](N)COC(=O)c1cc(O)c(O)c(O)c1. The molecule has 0 saturated carbocycles. The lowest BCUT2D eigenvalue weighted by atomic mass is 10.2. The van der Waals surface area contributed by atoms with Crippen molar-refractivity contribution in [2.75, 3.05) is 13.2 Å². The van der Waals surface area contributed by atoms with E-state index in [9.17, 15) is 19.8 Å². The highest BCUT2D eigenvalue weighted by Crippen LogP contribution is 2.35. The topological polar surface area (TPSA) is 139 Å². The Hall–Kier alpha value is -2.48. The minimum absolute atomic E-state index is 0.153. The maximum Gasteiger partial charge on any atom is 0.338 e. The largest absolute Gasteiger partial charge is 0.504 e. The van der Waals surface area contributed by atoms with Gasteiger partial charge in [0.25, 0.3) is 0 Å². The second-order valence-corrected chi connectivity index (χ2v) is 3.82. The summed E-state index contributed by atoms with van der Waals surface area (Å²) in [6.07, 6.45) is 0. The Morgan fingerprint density at radius 1 is 1.20 bits per heavy atom. The van der Waals surface area contributed by atoms with Crippen LogP contribution in [0.1, 0.15) is 17.3 Å². The van der Waals surface area contributed by atoms with Crippen molar-refractivity contribution >= 4 is 11.9 Å². The number of carbonyl (C=O) groups is 2. The summed E-state index contributed by atoms with van der Waals surface area (Å²) in [5.41, 5.74) is 5.22. The van der Waals surface area contributed by atoms with Gasteiger partial charge in [0.2, 0.25) is 0 Å². The van der Waals surface area contributed by atoms with Gasteiger partial charge in [-0.1, -0.05) is 0 Å². The molecule has 0 bridgehead atoms. The molecule has 0 heterocycles. The first-order valence-electron chi connectivity index (χ1n) is 5.71. The number of aromatic hydroxyl groups is 3. The fraction of sp³-hybridized carbons (Fsp3) is 0.333.